The first kappa shape index (κ1) is 18.7. The van der Waals surface area contributed by atoms with Crippen molar-refractivity contribution < 1.29 is 4.79 Å². The molecule has 0 aliphatic carbocycles. The molecular formula is C22H17ClN4O2. The number of hydrogen-bond donors (Lipinski definition) is 2. The topological polar surface area (TPSA) is 76.0 Å². The van der Waals surface area contributed by atoms with Gasteiger partial charge in [0, 0.05) is 5.56 Å². The predicted octanol–water partition coefficient (Wildman–Crippen LogP) is 3.90. The molecule has 2 N–H and O–H groups in total. The molecule has 0 unspecified atom stereocenters. The normalized spacial score (nSPS) is 10.7. The Hall–Kier alpha value is -3.64. The van der Waals surface area contributed by atoms with Crippen LogP contribution >= 0.6 is 11.6 Å². The smallest absolute Gasteiger partial charge is 0.280 e. The monoisotopic (exact) mass is 404 g/mol. The number of halogens is 1. The highest BCUT2D eigenvalue weighted by Gasteiger charge is 2.15. The second kappa shape index (κ2) is 8.16. The quantitative estimate of drug-likeness (QED) is 0.529. The summed E-state index contributed by atoms with van der Waals surface area (Å²) in [5, 5.41) is 3.90. The van der Waals surface area contributed by atoms with Gasteiger partial charge < -0.3 is 5.32 Å². The largest absolute Gasteiger partial charge is 0.375 e. The fraction of sp³-hybridized carbons (Fsp3) is 0.0455. The Bertz CT molecular complexity index is 1240. The van der Waals surface area contributed by atoms with E-state index in [-0.39, 0.29) is 12.1 Å². The number of carbonyl (C=O) groups excluding carboxylic acids is 1. The van der Waals surface area contributed by atoms with Gasteiger partial charge in [-0.05, 0) is 24.3 Å². The van der Waals surface area contributed by atoms with Crippen LogP contribution in [0.1, 0.15) is 0 Å². The Morgan fingerprint density at radius 2 is 1.62 bits per heavy atom. The van der Waals surface area contributed by atoms with E-state index in [0.717, 1.165) is 5.56 Å². The van der Waals surface area contributed by atoms with Crippen LogP contribution in [0.3, 0.4) is 0 Å². The molecule has 0 aliphatic heterocycles. The van der Waals surface area contributed by atoms with Gasteiger partial charge >= 0.3 is 0 Å². The van der Waals surface area contributed by atoms with E-state index >= 15 is 0 Å². The van der Waals surface area contributed by atoms with Crippen molar-refractivity contribution in [1.29, 1.82) is 0 Å². The summed E-state index contributed by atoms with van der Waals surface area (Å²) in [7, 11) is 0. The van der Waals surface area contributed by atoms with E-state index < -0.39 is 5.91 Å². The SMILES string of the molecule is O=C(CNc1ccccc1Cl)Nn1c(-c2ccccc2)nc2ccccc2c1=O. The minimum absolute atomic E-state index is 0.0583. The van der Waals surface area contributed by atoms with Gasteiger partial charge in [0.05, 0.1) is 28.2 Å². The molecule has 144 valence electrons. The van der Waals surface area contributed by atoms with E-state index in [2.05, 4.69) is 15.7 Å². The van der Waals surface area contributed by atoms with E-state index in [1.165, 1.54) is 4.68 Å². The standard InChI is InChI=1S/C22H17ClN4O2/c23-17-11-5-7-13-19(17)24-14-20(28)26-27-21(15-8-2-1-3-9-15)25-18-12-6-4-10-16(18)22(27)29/h1-13,24H,14H2,(H,26,28). The number of fused-ring (bicyclic) bond motifs is 1. The Balaban J connectivity index is 1.68. The average Bonchev–Trinajstić information content (AvgIpc) is 2.75. The van der Waals surface area contributed by atoms with Gasteiger partial charge in [0.15, 0.2) is 5.82 Å². The lowest BCUT2D eigenvalue weighted by atomic mass is 10.2. The van der Waals surface area contributed by atoms with Crippen LogP contribution in [-0.2, 0) is 4.79 Å². The molecule has 29 heavy (non-hydrogen) atoms. The van der Waals surface area contributed by atoms with Crippen LogP contribution in [0.25, 0.3) is 22.3 Å². The molecular weight excluding hydrogens is 388 g/mol. The molecule has 3 aromatic carbocycles. The fourth-order valence-electron chi connectivity index (χ4n) is 2.96. The molecule has 7 heteroatoms. The number of hydrogen-bond acceptors (Lipinski definition) is 4. The van der Waals surface area contributed by atoms with Crippen molar-refractivity contribution in [3.8, 4) is 11.4 Å². The van der Waals surface area contributed by atoms with E-state index in [4.69, 9.17) is 11.6 Å². The fourth-order valence-corrected chi connectivity index (χ4v) is 3.16. The molecule has 0 saturated carbocycles. The van der Waals surface area contributed by atoms with Gasteiger partial charge in [-0.3, -0.25) is 15.0 Å². The van der Waals surface area contributed by atoms with Crippen LogP contribution in [0.5, 0.6) is 0 Å². The predicted molar refractivity (Wildman–Crippen MR) is 116 cm³/mol. The molecule has 0 bridgehead atoms. The third-order valence-electron chi connectivity index (χ3n) is 4.36. The minimum atomic E-state index is -0.402. The van der Waals surface area contributed by atoms with Crippen LogP contribution in [0.4, 0.5) is 5.69 Å². The summed E-state index contributed by atoms with van der Waals surface area (Å²) in [5.41, 5.74) is 4.23. The number of carbonyl (C=O) groups is 1. The first-order valence-corrected chi connectivity index (χ1v) is 9.37. The summed E-state index contributed by atoms with van der Waals surface area (Å²) < 4.78 is 1.19. The van der Waals surface area contributed by atoms with Gasteiger partial charge in [0.25, 0.3) is 11.5 Å². The third kappa shape index (κ3) is 3.97. The number of nitrogens with zero attached hydrogens (tertiary/aromatic N) is 2. The summed E-state index contributed by atoms with van der Waals surface area (Å²) in [6.45, 7) is -0.0583. The first-order chi connectivity index (χ1) is 14.1. The number of nitrogens with one attached hydrogen (secondary N) is 2. The summed E-state index contributed by atoms with van der Waals surface area (Å²) in [6.07, 6.45) is 0. The molecule has 6 nitrogen and oxygen atoms in total. The van der Waals surface area contributed by atoms with Gasteiger partial charge in [0.2, 0.25) is 0 Å². The van der Waals surface area contributed by atoms with Crippen LogP contribution in [0.15, 0.2) is 83.7 Å². The van der Waals surface area contributed by atoms with Gasteiger partial charge in [-0.25, -0.2) is 4.98 Å². The van der Waals surface area contributed by atoms with Gasteiger partial charge in [-0.15, -0.1) is 0 Å². The van der Waals surface area contributed by atoms with Gasteiger partial charge in [0.1, 0.15) is 0 Å². The van der Waals surface area contributed by atoms with Crippen LogP contribution in [-0.4, -0.2) is 22.1 Å². The molecule has 0 radical (unpaired) electrons. The van der Waals surface area contributed by atoms with Crippen molar-refractivity contribution >= 4 is 34.1 Å². The zero-order chi connectivity index (χ0) is 20.2. The van der Waals surface area contributed by atoms with Gasteiger partial charge in [-0.1, -0.05) is 66.2 Å². The zero-order valence-electron chi connectivity index (χ0n) is 15.3. The summed E-state index contributed by atoms with van der Waals surface area (Å²) in [4.78, 5) is 30.2. The Kier molecular flexibility index (Phi) is 5.27. The minimum Gasteiger partial charge on any atom is -0.375 e. The number of para-hydroxylation sites is 2. The number of amides is 1. The molecule has 0 fully saturated rings. The number of anilines is 1. The van der Waals surface area contributed by atoms with Crippen molar-refractivity contribution in [3.63, 3.8) is 0 Å². The Labute approximate surface area is 171 Å². The maximum Gasteiger partial charge on any atom is 0.280 e. The maximum absolute atomic E-state index is 13.1. The number of benzene rings is 3. The lowest BCUT2D eigenvalue weighted by Gasteiger charge is -2.15. The Morgan fingerprint density at radius 1 is 0.931 bits per heavy atom. The molecule has 1 heterocycles. The highest BCUT2D eigenvalue weighted by atomic mass is 35.5. The number of aromatic nitrogens is 2. The van der Waals surface area contributed by atoms with Crippen molar-refractivity contribution in [2.24, 2.45) is 0 Å². The Morgan fingerprint density at radius 3 is 2.41 bits per heavy atom. The first-order valence-electron chi connectivity index (χ1n) is 8.99. The van der Waals surface area contributed by atoms with Crippen LogP contribution < -0.4 is 16.3 Å². The van der Waals surface area contributed by atoms with E-state index in [0.29, 0.717) is 27.4 Å². The van der Waals surface area contributed by atoms with Crippen molar-refractivity contribution in [2.45, 2.75) is 0 Å². The summed E-state index contributed by atoms with van der Waals surface area (Å²) in [6, 6.07) is 23.4. The second-order valence-corrected chi connectivity index (χ2v) is 6.73. The summed E-state index contributed by atoms with van der Waals surface area (Å²) >= 11 is 6.10. The highest BCUT2D eigenvalue weighted by molar-refractivity contribution is 6.33. The van der Waals surface area contributed by atoms with Crippen molar-refractivity contribution in [2.75, 3.05) is 17.3 Å². The lowest BCUT2D eigenvalue weighted by Crippen LogP contribution is -2.37. The molecule has 1 amide bonds. The third-order valence-corrected chi connectivity index (χ3v) is 4.69. The molecule has 0 spiro atoms. The molecule has 4 aromatic rings. The van der Waals surface area contributed by atoms with Crippen LogP contribution in [0, 0.1) is 0 Å². The highest BCUT2D eigenvalue weighted by Crippen LogP contribution is 2.20. The molecule has 1 aromatic heterocycles. The van der Waals surface area contributed by atoms with E-state index in [9.17, 15) is 9.59 Å². The van der Waals surface area contributed by atoms with Gasteiger partial charge in [-0.2, -0.15) is 4.68 Å². The van der Waals surface area contributed by atoms with Crippen LogP contribution in [0.2, 0.25) is 5.02 Å². The molecule has 0 saturated heterocycles. The lowest BCUT2D eigenvalue weighted by molar-refractivity contribution is -0.115. The molecule has 4 rings (SSSR count). The van der Waals surface area contributed by atoms with Crippen molar-refractivity contribution in [1.82, 2.24) is 9.66 Å². The average molecular weight is 405 g/mol. The van der Waals surface area contributed by atoms with Crippen molar-refractivity contribution in [3.05, 3.63) is 94.2 Å². The maximum atomic E-state index is 13.1. The summed E-state index contributed by atoms with van der Waals surface area (Å²) in [5.74, 6) is -0.0401. The number of rotatable bonds is 5. The van der Waals surface area contributed by atoms with E-state index in [1.54, 1.807) is 36.4 Å². The molecule has 0 atom stereocenters. The van der Waals surface area contributed by atoms with E-state index in [1.807, 2.05) is 42.5 Å². The zero-order valence-corrected chi connectivity index (χ0v) is 16.1. The second-order valence-electron chi connectivity index (χ2n) is 6.33. The molecule has 0 aliphatic rings.